The van der Waals surface area contributed by atoms with Crippen molar-refractivity contribution in [3.8, 4) is 22.7 Å². The summed E-state index contributed by atoms with van der Waals surface area (Å²) in [5.41, 5.74) is 0.437. The van der Waals surface area contributed by atoms with Gasteiger partial charge in [0.15, 0.2) is 11.5 Å². The van der Waals surface area contributed by atoms with Gasteiger partial charge in [-0.2, -0.15) is 4.98 Å². The Morgan fingerprint density at radius 2 is 2.00 bits per heavy atom. The maximum atomic E-state index is 16.1. The van der Waals surface area contributed by atoms with E-state index in [1.165, 1.54) is 28.8 Å². The Bertz CT molecular complexity index is 1870. The molecule has 1 aromatic carbocycles. The van der Waals surface area contributed by atoms with Crippen LogP contribution in [0.2, 0.25) is 0 Å². The number of carbonyl (C=O) groups is 1. The third-order valence-electron chi connectivity index (χ3n) is 8.25. The van der Waals surface area contributed by atoms with Crippen LogP contribution in [-0.4, -0.2) is 68.7 Å². The monoisotopic (exact) mass is 585 g/mol. The lowest BCUT2D eigenvalue weighted by Gasteiger charge is -2.35. The molecule has 4 aromatic rings. The minimum Gasteiger partial charge on any atom is -0.489 e. The molecular weight excluding hydrogens is 556 g/mol. The second kappa shape index (κ2) is 10.1. The zero-order valence-electron chi connectivity index (χ0n) is 23.7. The van der Waals surface area contributed by atoms with Gasteiger partial charge in [-0.3, -0.25) is 9.78 Å². The van der Waals surface area contributed by atoms with Crippen LogP contribution >= 0.6 is 0 Å². The molecule has 2 bridgehead atoms. The third-order valence-corrected chi connectivity index (χ3v) is 8.25. The molecule has 1 saturated carbocycles. The number of amides is 1. The van der Waals surface area contributed by atoms with Crippen molar-refractivity contribution in [2.75, 3.05) is 36.5 Å². The van der Waals surface area contributed by atoms with E-state index < -0.39 is 17.3 Å². The van der Waals surface area contributed by atoms with Crippen LogP contribution in [0.3, 0.4) is 0 Å². The second-order valence-corrected chi connectivity index (χ2v) is 11.2. The van der Waals surface area contributed by atoms with Crippen molar-refractivity contribution in [3.63, 3.8) is 0 Å². The summed E-state index contributed by atoms with van der Waals surface area (Å²) in [6.45, 7) is 8.72. The van der Waals surface area contributed by atoms with E-state index in [0.717, 1.165) is 0 Å². The van der Waals surface area contributed by atoms with Crippen LogP contribution < -0.4 is 20.6 Å². The van der Waals surface area contributed by atoms with Crippen LogP contribution in [0, 0.1) is 11.6 Å². The van der Waals surface area contributed by atoms with Gasteiger partial charge in [-0.15, -0.1) is 0 Å². The molecule has 1 aliphatic carbocycles. The number of aromatic nitrogens is 4. The first-order valence-electron chi connectivity index (χ1n) is 14.3. The molecule has 5 heterocycles. The van der Waals surface area contributed by atoms with Crippen LogP contribution in [0.1, 0.15) is 31.9 Å². The van der Waals surface area contributed by atoms with E-state index in [1.54, 1.807) is 23.2 Å². The zero-order valence-corrected chi connectivity index (χ0v) is 23.7. The minimum absolute atomic E-state index is 0.0471. The highest BCUT2D eigenvalue weighted by molar-refractivity contribution is 5.93. The fraction of sp³-hybridized carbons (Fsp3) is 0.323. The van der Waals surface area contributed by atoms with Crippen LogP contribution in [-0.2, 0) is 4.79 Å². The Morgan fingerprint density at radius 1 is 1.16 bits per heavy atom. The molecule has 1 unspecified atom stereocenters. The summed E-state index contributed by atoms with van der Waals surface area (Å²) in [5.74, 6) is -1.03. The average molecular weight is 586 g/mol. The summed E-state index contributed by atoms with van der Waals surface area (Å²) >= 11 is 0. The lowest BCUT2D eigenvalue weighted by atomic mass is 10.1. The molecule has 7 rings (SSSR count). The van der Waals surface area contributed by atoms with E-state index in [0.29, 0.717) is 42.3 Å². The van der Waals surface area contributed by atoms with Gasteiger partial charge in [0, 0.05) is 37.6 Å². The van der Waals surface area contributed by atoms with Crippen molar-refractivity contribution in [1.29, 1.82) is 0 Å². The Labute approximate surface area is 245 Å². The van der Waals surface area contributed by atoms with Crippen molar-refractivity contribution >= 4 is 28.4 Å². The van der Waals surface area contributed by atoms with Crippen LogP contribution in [0.5, 0.6) is 5.75 Å². The van der Waals surface area contributed by atoms with Gasteiger partial charge >= 0.3 is 5.69 Å². The largest absolute Gasteiger partial charge is 0.489 e. The highest BCUT2D eigenvalue weighted by Crippen LogP contribution is 2.42. The number of carbonyl (C=O) groups excluding carboxylic acids is 1. The zero-order chi connectivity index (χ0) is 30.0. The van der Waals surface area contributed by atoms with E-state index in [1.807, 2.05) is 18.7 Å². The fourth-order valence-corrected chi connectivity index (χ4v) is 6.22. The molecule has 10 nitrogen and oxygen atoms in total. The first kappa shape index (κ1) is 27.0. The number of ether oxygens (including phenoxy) is 1. The van der Waals surface area contributed by atoms with Gasteiger partial charge < -0.3 is 19.9 Å². The van der Waals surface area contributed by atoms with E-state index in [2.05, 4.69) is 26.8 Å². The second-order valence-electron chi connectivity index (χ2n) is 11.2. The first-order valence-corrected chi connectivity index (χ1v) is 14.3. The molecule has 12 heteroatoms. The molecule has 3 aliphatic rings. The van der Waals surface area contributed by atoms with Gasteiger partial charge in [0.05, 0.1) is 28.7 Å². The number of nitrogens with zero attached hydrogens (tertiary/aromatic N) is 6. The van der Waals surface area contributed by atoms with E-state index in [-0.39, 0.29) is 65.2 Å². The normalized spacial score (nSPS) is 19.0. The van der Waals surface area contributed by atoms with Crippen LogP contribution in [0.4, 0.5) is 20.3 Å². The third kappa shape index (κ3) is 4.31. The number of hydrogen-bond acceptors (Lipinski definition) is 8. The van der Waals surface area contributed by atoms with Gasteiger partial charge in [-0.05, 0) is 36.6 Å². The number of hydrogen-bond donors (Lipinski definition) is 1. The Morgan fingerprint density at radius 3 is 2.79 bits per heavy atom. The van der Waals surface area contributed by atoms with Crippen molar-refractivity contribution in [2.45, 2.75) is 38.3 Å². The van der Waals surface area contributed by atoms with Crippen molar-refractivity contribution in [1.82, 2.24) is 24.4 Å². The molecule has 1 amide bonds. The number of anilines is 2. The summed E-state index contributed by atoms with van der Waals surface area (Å²) in [5, 5.41) is 3.42. The Balaban J connectivity index is 1.53. The quantitative estimate of drug-likeness (QED) is 0.360. The fourth-order valence-electron chi connectivity index (χ4n) is 6.22. The molecule has 220 valence electrons. The molecule has 0 radical (unpaired) electrons. The van der Waals surface area contributed by atoms with E-state index >= 15 is 8.78 Å². The number of pyridine rings is 2. The summed E-state index contributed by atoms with van der Waals surface area (Å²) in [6, 6.07) is 7.20. The molecule has 2 aliphatic heterocycles. The van der Waals surface area contributed by atoms with Crippen LogP contribution in [0.15, 0.2) is 54.0 Å². The summed E-state index contributed by atoms with van der Waals surface area (Å²) in [4.78, 5) is 43.9. The van der Waals surface area contributed by atoms with Gasteiger partial charge in [-0.25, -0.2) is 23.1 Å². The number of rotatable bonds is 3. The van der Waals surface area contributed by atoms with Crippen molar-refractivity contribution < 1.29 is 18.3 Å². The minimum atomic E-state index is -0.759. The van der Waals surface area contributed by atoms with Crippen molar-refractivity contribution in [2.24, 2.45) is 0 Å². The molecule has 43 heavy (non-hydrogen) atoms. The summed E-state index contributed by atoms with van der Waals surface area (Å²) in [6.07, 6.45) is 3.59. The number of piperazine rings is 1. The molecular formula is C31H29F2N7O3. The predicted molar refractivity (Wildman–Crippen MR) is 158 cm³/mol. The molecule has 1 N–H and O–H groups in total. The average Bonchev–Trinajstić information content (AvgIpc) is 3.79. The Kier molecular flexibility index (Phi) is 6.37. The number of benzene rings is 1. The lowest BCUT2D eigenvalue weighted by Crippen LogP contribution is -2.49. The summed E-state index contributed by atoms with van der Waals surface area (Å²) < 4.78 is 38.9. The smallest absolute Gasteiger partial charge is 0.356 e. The predicted octanol–water partition coefficient (Wildman–Crippen LogP) is 4.02. The van der Waals surface area contributed by atoms with Gasteiger partial charge in [0.25, 0.3) is 0 Å². The highest BCUT2D eigenvalue weighted by Gasteiger charge is 2.51. The highest BCUT2D eigenvalue weighted by atomic mass is 19.1. The maximum Gasteiger partial charge on any atom is 0.356 e. The SMILES string of the molecule is C=CC(=O)N1CCN(c2nc(=O)n3c4nc(c(F)cc24)-c2c(F)cccc2NCCOc2ccnc(C(C)C)c2-3)[C@@H]2CC21. The van der Waals surface area contributed by atoms with Gasteiger partial charge in [0.2, 0.25) is 5.91 Å². The number of nitrogens with one attached hydrogen (secondary N) is 1. The van der Waals surface area contributed by atoms with Crippen molar-refractivity contribution in [3.05, 3.63) is 77.0 Å². The summed E-state index contributed by atoms with van der Waals surface area (Å²) in [7, 11) is 0. The van der Waals surface area contributed by atoms with E-state index in [4.69, 9.17) is 4.74 Å². The van der Waals surface area contributed by atoms with Gasteiger partial charge in [0.1, 0.15) is 35.4 Å². The molecule has 1 saturated heterocycles. The van der Waals surface area contributed by atoms with Gasteiger partial charge in [-0.1, -0.05) is 26.5 Å². The maximum absolute atomic E-state index is 16.1. The topological polar surface area (TPSA) is 105 Å². The van der Waals surface area contributed by atoms with Crippen LogP contribution in [0.25, 0.3) is 28.0 Å². The standard InChI is InChI=1S/C31H29F2N7O3/c1-4-24(41)38-11-12-39(22-15-21(22)38)29-17-14-19(33)27-25-18(32)6-5-7-20(25)34-10-13-43-23-8-9-35-26(16(2)3)28(23)40(30(17)36-27)31(42)37-29/h4-9,14,16,21-22,34H,1,10-13,15H2,2-3H3/t21?,22-/m1/s1. The first-order chi connectivity index (χ1) is 20.8. The lowest BCUT2D eigenvalue weighted by molar-refractivity contribution is -0.126. The molecule has 3 aromatic heterocycles. The molecule has 2 atom stereocenters. The molecule has 0 spiro atoms. The number of halogens is 2. The Hall–Kier alpha value is -4.87. The molecule has 2 fully saturated rings. The van der Waals surface area contributed by atoms with E-state index in [9.17, 15) is 9.59 Å². The number of fused-ring (bicyclic) bond motifs is 6.